The fourth-order valence-electron chi connectivity index (χ4n) is 3.97. The van der Waals surface area contributed by atoms with Crippen LogP contribution in [0.15, 0.2) is 54.6 Å². The molecule has 4 nitrogen and oxygen atoms in total. The fraction of sp³-hybridized carbons (Fsp3) is 0.348. The second-order valence-electron chi connectivity index (χ2n) is 7.44. The van der Waals surface area contributed by atoms with Gasteiger partial charge in [-0.15, -0.1) is 0 Å². The summed E-state index contributed by atoms with van der Waals surface area (Å²) in [5.41, 5.74) is 4.25. The molecule has 146 valence electrons. The molecule has 28 heavy (non-hydrogen) atoms. The molecule has 2 aromatic rings. The Hall–Kier alpha value is -2.66. The number of fused-ring (bicyclic) bond motifs is 1. The summed E-state index contributed by atoms with van der Waals surface area (Å²) in [7, 11) is 0. The van der Waals surface area contributed by atoms with Crippen LogP contribution in [0, 0.1) is 5.82 Å². The number of nitrogens with one attached hydrogen (secondary N) is 1. The molecule has 0 saturated carbocycles. The van der Waals surface area contributed by atoms with Gasteiger partial charge in [0.15, 0.2) is 0 Å². The molecule has 2 heterocycles. The largest absolute Gasteiger partial charge is 0.353 e. The maximum atomic E-state index is 13.1. The molecule has 5 heteroatoms. The van der Waals surface area contributed by atoms with E-state index in [9.17, 15) is 9.18 Å². The number of hydrogen-bond donors (Lipinski definition) is 1. The predicted octanol–water partition coefficient (Wildman–Crippen LogP) is 3.90. The molecule has 0 bridgehead atoms. The molecule has 0 aliphatic carbocycles. The van der Waals surface area contributed by atoms with E-state index < -0.39 is 0 Å². The summed E-state index contributed by atoms with van der Waals surface area (Å²) >= 11 is 0. The summed E-state index contributed by atoms with van der Waals surface area (Å²) in [5, 5.41) is 2.95. The van der Waals surface area contributed by atoms with E-state index in [1.165, 1.54) is 17.7 Å². The monoisotopic (exact) mass is 379 g/mol. The van der Waals surface area contributed by atoms with Gasteiger partial charge in [-0.25, -0.2) is 4.39 Å². The van der Waals surface area contributed by atoms with Gasteiger partial charge in [0.2, 0.25) is 0 Å². The third-order valence-electron chi connectivity index (χ3n) is 5.58. The SMILES string of the molecule is O=C1NCN(CCCCN2CC=C(c3ccc(F)cc3)CC2)c2ccccc21. The van der Waals surface area contributed by atoms with Crippen molar-refractivity contribution in [2.45, 2.75) is 19.3 Å². The molecule has 0 unspecified atom stereocenters. The number of para-hydroxylation sites is 1. The van der Waals surface area contributed by atoms with Gasteiger partial charge in [-0.05, 0) is 61.2 Å². The molecule has 0 aromatic heterocycles. The topological polar surface area (TPSA) is 35.6 Å². The number of amides is 1. The first-order valence-electron chi connectivity index (χ1n) is 10.0. The number of nitrogens with zero attached hydrogens (tertiary/aromatic N) is 2. The number of rotatable bonds is 6. The number of halogens is 1. The van der Waals surface area contributed by atoms with E-state index in [-0.39, 0.29) is 11.7 Å². The van der Waals surface area contributed by atoms with Gasteiger partial charge in [0.1, 0.15) is 5.82 Å². The fourth-order valence-corrected chi connectivity index (χ4v) is 3.97. The van der Waals surface area contributed by atoms with Crippen LogP contribution < -0.4 is 10.2 Å². The van der Waals surface area contributed by atoms with Crippen molar-refractivity contribution in [3.05, 3.63) is 71.6 Å². The minimum absolute atomic E-state index is 0.0175. The Morgan fingerprint density at radius 2 is 1.79 bits per heavy atom. The van der Waals surface area contributed by atoms with E-state index in [1.54, 1.807) is 0 Å². The molecular weight excluding hydrogens is 353 g/mol. The van der Waals surface area contributed by atoms with E-state index in [0.717, 1.165) is 62.3 Å². The number of benzene rings is 2. The molecule has 0 atom stereocenters. The van der Waals surface area contributed by atoms with Gasteiger partial charge in [0, 0.05) is 19.6 Å². The molecular formula is C23H26FN3O. The normalized spacial score (nSPS) is 17.1. The average Bonchev–Trinajstić information content (AvgIpc) is 2.74. The molecule has 2 aliphatic heterocycles. The summed E-state index contributed by atoms with van der Waals surface area (Å²) in [6.45, 7) is 4.61. The molecule has 2 aliphatic rings. The lowest BCUT2D eigenvalue weighted by molar-refractivity contribution is 0.0947. The summed E-state index contributed by atoms with van der Waals surface area (Å²) < 4.78 is 13.1. The quantitative estimate of drug-likeness (QED) is 0.773. The van der Waals surface area contributed by atoms with Crippen molar-refractivity contribution >= 4 is 17.2 Å². The summed E-state index contributed by atoms with van der Waals surface area (Å²) in [5.74, 6) is -0.165. The summed E-state index contributed by atoms with van der Waals surface area (Å²) in [6, 6.07) is 14.6. The van der Waals surface area contributed by atoms with E-state index in [4.69, 9.17) is 0 Å². The van der Waals surface area contributed by atoms with Gasteiger partial charge in [-0.3, -0.25) is 9.69 Å². The van der Waals surface area contributed by atoms with Crippen LogP contribution in [0.1, 0.15) is 35.2 Å². The second-order valence-corrected chi connectivity index (χ2v) is 7.44. The van der Waals surface area contributed by atoms with Crippen LogP contribution in [0.4, 0.5) is 10.1 Å². The zero-order chi connectivity index (χ0) is 19.3. The van der Waals surface area contributed by atoms with Gasteiger partial charge in [-0.1, -0.05) is 30.3 Å². The molecule has 0 fully saturated rings. The van der Waals surface area contributed by atoms with Gasteiger partial charge in [0.25, 0.3) is 5.91 Å². The molecule has 2 aromatic carbocycles. The Kier molecular flexibility index (Phi) is 5.72. The van der Waals surface area contributed by atoms with Crippen LogP contribution in [-0.2, 0) is 0 Å². The Balaban J connectivity index is 1.23. The smallest absolute Gasteiger partial charge is 0.254 e. The predicted molar refractivity (Wildman–Crippen MR) is 111 cm³/mol. The lowest BCUT2D eigenvalue weighted by Crippen LogP contribution is -2.44. The van der Waals surface area contributed by atoms with Crippen LogP contribution in [0.25, 0.3) is 5.57 Å². The van der Waals surface area contributed by atoms with Crippen molar-refractivity contribution in [1.82, 2.24) is 10.2 Å². The van der Waals surface area contributed by atoms with E-state index in [0.29, 0.717) is 6.67 Å². The first-order chi connectivity index (χ1) is 13.7. The van der Waals surface area contributed by atoms with Crippen molar-refractivity contribution < 1.29 is 9.18 Å². The van der Waals surface area contributed by atoms with Crippen LogP contribution in [-0.4, -0.2) is 43.7 Å². The lowest BCUT2D eigenvalue weighted by atomic mass is 9.99. The number of unbranched alkanes of at least 4 members (excludes halogenated alkanes) is 1. The van der Waals surface area contributed by atoms with Gasteiger partial charge in [0.05, 0.1) is 17.9 Å². The van der Waals surface area contributed by atoms with Gasteiger partial charge in [-0.2, -0.15) is 0 Å². The highest BCUT2D eigenvalue weighted by Gasteiger charge is 2.21. The molecule has 0 saturated heterocycles. The number of hydrogen-bond acceptors (Lipinski definition) is 3. The van der Waals surface area contributed by atoms with Gasteiger partial charge < -0.3 is 10.2 Å². The third-order valence-corrected chi connectivity index (χ3v) is 5.58. The second kappa shape index (κ2) is 8.57. The van der Waals surface area contributed by atoms with Crippen LogP contribution in [0.3, 0.4) is 0 Å². The van der Waals surface area contributed by atoms with Crippen LogP contribution >= 0.6 is 0 Å². The zero-order valence-corrected chi connectivity index (χ0v) is 16.0. The third kappa shape index (κ3) is 4.25. The number of anilines is 1. The lowest BCUT2D eigenvalue weighted by Gasteiger charge is -2.31. The summed E-state index contributed by atoms with van der Waals surface area (Å²) in [6.07, 6.45) is 5.51. The highest BCUT2D eigenvalue weighted by molar-refractivity contribution is 6.01. The molecule has 1 N–H and O–H groups in total. The first kappa shape index (κ1) is 18.7. The number of carbonyl (C=O) groups excluding carboxylic acids is 1. The minimum Gasteiger partial charge on any atom is -0.353 e. The minimum atomic E-state index is -0.183. The van der Waals surface area contributed by atoms with Crippen molar-refractivity contribution in [2.75, 3.05) is 37.7 Å². The Morgan fingerprint density at radius 3 is 2.57 bits per heavy atom. The van der Waals surface area contributed by atoms with Crippen molar-refractivity contribution in [2.24, 2.45) is 0 Å². The standard InChI is InChI=1S/C23H26FN3O/c24-20-9-7-18(8-10-20)19-11-15-26(16-12-19)13-3-4-14-27-17-25-23(28)21-5-1-2-6-22(21)27/h1-2,5-11H,3-4,12-17H2,(H,25,28). The number of carbonyl (C=O) groups is 1. The zero-order valence-electron chi connectivity index (χ0n) is 16.0. The molecule has 0 radical (unpaired) electrons. The van der Waals surface area contributed by atoms with Crippen molar-refractivity contribution in [3.63, 3.8) is 0 Å². The molecule has 0 spiro atoms. The van der Waals surface area contributed by atoms with Gasteiger partial charge >= 0.3 is 0 Å². The molecule has 4 rings (SSSR count). The van der Waals surface area contributed by atoms with Crippen molar-refractivity contribution in [1.29, 1.82) is 0 Å². The Bertz CT molecular complexity index is 862. The first-order valence-corrected chi connectivity index (χ1v) is 10.0. The van der Waals surface area contributed by atoms with E-state index in [2.05, 4.69) is 21.2 Å². The highest BCUT2D eigenvalue weighted by atomic mass is 19.1. The maximum Gasteiger partial charge on any atom is 0.254 e. The van der Waals surface area contributed by atoms with Crippen LogP contribution in [0.2, 0.25) is 0 Å². The highest BCUT2D eigenvalue weighted by Crippen LogP contribution is 2.24. The average molecular weight is 379 g/mol. The van der Waals surface area contributed by atoms with E-state index >= 15 is 0 Å². The van der Waals surface area contributed by atoms with E-state index in [1.807, 2.05) is 36.4 Å². The maximum absolute atomic E-state index is 13.1. The van der Waals surface area contributed by atoms with Crippen LogP contribution in [0.5, 0.6) is 0 Å². The summed E-state index contributed by atoms with van der Waals surface area (Å²) in [4.78, 5) is 16.7. The van der Waals surface area contributed by atoms with Crippen molar-refractivity contribution in [3.8, 4) is 0 Å². The Labute approximate surface area is 165 Å². The Morgan fingerprint density at radius 1 is 1.00 bits per heavy atom. The molecule has 1 amide bonds.